The van der Waals surface area contributed by atoms with E-state index in [2.05, 4.69) is 10.6 Å². The third-order valence-electron chi connectivity index (χ3n) is 4.81. The standard InChI is InChI=1S/C19H27ClN2O2/c1-3-12-21-17(23)14(2)22-18(24)19(10-5-4-6-11-19)15-8-7-9-16(20)13-15/h7-9,13-14H,3-6,10-12H2,1-2H3,(H,21,23)(H,22,24)/t14-/m0/s1. The first-order valence-electron chi connectivity index (χ1n) is 8.84. The number of nitrogens with one attached hydrogen (secondary N) is 2. The minimum absolute atomic E-state index is 0.0661. The predicted molar refractivity (Wildman–Crippen MR) is 97.1 cm³/mol. The second kappa shape index (κ2) is 8.52. The van der Waals surface area contributed by atoms with E-state index in [1.54, 1.807) is 6.92 Å². The van der Waals surface area contributed by atoms with E-state index in [0.717, 1.165) is 44.1 Å². The van der Waals surface area contributed by atoms with E-state index in [1.165, 1.54) is 0 Å². The molecular weight excluding hydrogens is 324 g/mol. The van der Waals surface area contributed by atoms with Crippen LogP contribution in [0.4, 0.5) is 0 Å². The van der Waals surface area contributed by atoms with Crippen LogP contribution >= 0.6 is 11.6 Å². The molecule has 1 aliphatic carbocycles. The lowest BCUT2D eigenvalue weighted by molar-refractivity contribution is -0.132. The fraction of sp³-hybridized carbons (Fsp3) is 0.579. The molecule has 0 bridgehead atoms. The van der Waals surface area contributed by atoms with E-state index in [4.69, 9.17) is 11.6 Å². The smallest absolute Gasteiger partial charge is 0.242 e. The maximum Gasteiger partial charge on any atom is 0.242 e. The summed E-state index contributed by atoms with van der Waals surface area (Å²) in [6.07, 6.45) is 5.62. The summed E-state index contributed by atoms with van der Waals surface area (Å²) in [5.41, 5.74) is 0.371. The molecule has 1 fully saturated rings. The van der Waals surface area contributed by atoms with Crippen molar-refractivity contribution in [1.82, 2.24) is 10.6 Å². The number of benzene rings is 1. The van der Waals surface area contributed by atoms with Gasteiger partial charge in [-0.2, -0.15) is 0 Å². The van der Waals surface area contributed by atoms with Crippen LogP contribution in [0.3, 0.4) is 0 Å². The Morgan fingerprint density at radius 1 is 1.25 bits per heavy atom. The maximum absolute atomic E-state index is 13.1. The van der Waals surface area contributed by atoms with E-state index >= 15 is 0 Å². The molecule has 0 aliphatic heterocycles. The fourth-order valence-electron chi connectivity index (χ4n) is 3.39. The molecule has 4 nitrogen and oxygen atoms in total. The molecule has 24 heavy (non-hydrogen) atoms. The molecule has 0 spiro atoms. The van der Waals surface area contributed by atoms with Crippen LogP contribution in [0.5, 0.6) is 0 Å². The minimum Gasteiger partial charge on any atom is -0.354 e. The molecule has 1 saturated carbocycles. The summed E-state index contributed by atoms with van der Waals surface area (Å²) in [6.45, 7) is 4.36. The summed E-state index contributed by atoms with van der Waals surface area (Å²) >= 11 is 6.15. The number of carbonyl (C=O) groups is 2. The van der Waals surface area contributed by atoms with E-state index in [9.17, 15) is 9.59 Å². The molecule has 132 valence electrons. The number of rotatable bonds is 6. The van der Waals surface area contributed by atoms with Gasteiger partial charge in [-0.25, -0.2) is 0 Å². The first kappa shape index (κ1) is 18.8. The highest BCUT2D eigenvalue weighted by Crippen LogP contribution is 2.40. The zero-order valence-corrected chi connectivity index (χ0v) is 15.3. The van der Waals surface area contributed by atoms with Crippen LogP contribution in [0, 0.1) is 0 Å². The molecule has 5 heteroatoms. The van der Waals surface area contributed by atoms with Gasteiger partial charge in [0.15, 0.2) is 0 Å². The molecule has 0 heterocycles. The first-order chi connectivity index (χ1) is 11.5. The quantitative estimate of drug-likeness (QED) is 0.824. The van der Waals surface area contributed by atoms with Gasteiger partial charge in [-0.3, -0.25) is 9.59 Å². The Labute approximate surface area is 149 Å². The highest BCUT2D eigenvalue weighted by atomic mass is 35.5. The monoisotopic (exact) mass is 350 g/mol. The molecule has 2 rings (SSSR count). The Morgan fingerprint density at radius 3 is 2.58 bits per heavy atom. The van der Waals surface area contributed by atoms with Crippen molar-refractivity contribution in [1.29, 1.82) is 0 Å². The second-order valence-corrected chi connectivity index (χ2v) is 7.08. The lowest BCUT2D eigenvalue weighted by Crippen LogP contribution is -2.52. The van der Waals surface area contributed by atoms with E-state index in [0.29, 0.717) is 11.6 Å². The largest absolute Gasteiger partial charge is 0.354 e. The molecule has 1 aromatic carbocycles. The van der Waals surface area contributed by atoms with Gasteiger partial charge >= 0.3 is 0 Å². The zero-order chi connectivity index (χ0) is 17.6. The first-order valence-corrected chi connectivity index (χ1v) is 9.22. The van der Waals surface area contributed by atoms with Gasteiger partial charge < -0.3 is 10.6 Å². The van der Waals surface area contributed by atoms with Crippen LogP contribution in [0.25, 0.3) is 0 Å². The molecule has 0 radical (unpaired) electrons. The summed E-state index contributed by atoms with van der Waals surface area (Å²) in [6, 6.07) is 7.02. The van der Waals surface area contributed by atoms with Crippen molar-refractivity contribution >= 4 is 23.4 Å². The van der Waals surface area contributed by atoms with Gasteiger partial charge in [0, 0.05) is 11.6 Å². The van der Waals surface area contributed by atoms with Crippen molar-refractivity contribution in [2.45, 2.75) is 63.8 Å². The molecule has 1 aliphatic rings. The van der Waals surface area contributed by atoms with Gasteiger partial charge in [0.1, 0.15) is 6.04 Å². The Bertz CT molecular complexity index is 582. The third-order valence-corrected chi connectivity index (χ3v) is 5.04. The molecule has 1 aromatic rings. The molecule has 2 amide bonds. The van der Waals surface area contributed by atoms with Crippen LogP contribution in [0.1, 0.15) is 57.9 Å². The number of carbonyl (C=O) groups excluding carboxylic acids is 2. The lowest BCUT2D eigenvalue weighted by atomic mass is 9.68. The highest BCUT2D eigenvalue weighted by molar-refractivity contribution is 6.30. The van der Waals surface area contributed by atoms with Gasteiger partial charge in [0.25, 0.3) is 0 Å². The summed E-state index contributed by atoms with van der Waals surface area (Å²) in [4.78, 5) is 25.2. The van der Waals surface area contributed by atoms with Crippen LogP contribution in [-0.4, -0.2) is 24.4 Å². The molecule has 0 saturated heterocycles. The van der Waals surface area contributed by atoms with Crippen molar-refractivity contribution in [3.63, 3.8) is 0 Å². The summed E-state index contributed by atoms with van der Waals surface area (Å²) < 4.78 is 0. The van der Waals surface area contributed by atoms with Crippen LogP contribution in [-0.2, 0) is 15.0 Å². The summed E-state index contributed by atoms with van der Waals surface area (Å²) in [7, 11) is 0. The van der Waals surface area contributed by atoms with Gasteiger partial charge in [0.05, 0.1) is 5.41 Å². The highest BCUT2D eigenvalue weighted by Gasteiger charge is 2.42. The molecular formula is C19H27ClN2O2. The Balaban J connectivity index is 2.18. The van der Waals surface area contributed by atoms with Gasteiger partial charge in [-0.05, 0) is 43.9 Å². The van der Waals surface area contributed by atoms with Crippen molar-refractivity contribution < 1.29 is 9.59 Å². The predicted octanol–water partition coefficient (Wildman–Crippen LogP) is 3.57. The Morgan fingerprint density at radius 2 is 1.96 bits per heavy atom. The fourth-order valence-corrected chi connectivity index (χ4v) is 3.58. The third kappa shape index (κ3) is 4.29. The number of hydrogen-bond donors (Lipinski definition) is 2. The summed E-state index contributed by atoms with van der Waals surface area (Å²) in [5.74, 6) is -0.203. The molecule has 2 N–H and O–H groups in total. The summed E-state index contributed by atoms with van der Waals surface area (Å²) in [5, 5.41) is 6.39. The molecule has 0 unspecified atom stereocenters. The lowest BCUT2D eigenvalue weighted by Gasteiger charge is -2.37. The van der Waals surface area contributed by atoms with E-state index < -0.39 is 11.5 Å². The van der Waals surface area contributed by atoms with Crippen LogP contribution in [0.2, 0.25) is 5.02 Å². The van der Waals surface area contributed by atoms with Crippen LogP contribution in [0.15, 0.2) is 24.3 Å². The number of hydrogen-bond acceptors (Lipinski definition) is 2. The molecule has 0 aromatic heterocycles. The zero-order valence-electron chi connectivity index (χ0n) is 14.5. The van der Waals surface area contributed by atoms with Crippen molar-refractivity contribution in [2.24, 2.45) is 0 Å². The maximum atomic E-state index is 13.1. The Hall–Kier alpha value is -1.55. The van der Waals surface area contributed by atoms with E-state index in [1.807, 2.05) is 31.2 Å². The minimum atomic E-state index is -0.581. The van der Waals surface area contributed by atoms with Gasteiger partial charge in [-0.1, -0.05) is 49.9 Å². The number of amides is 2. The SMILES string of the molecule is CCCNC(=O)[C@H](C)NC(=O)C1(c2cccc(Cl)c2)CCCCC1. The van der Waals surface area contributed by atoms with Gasteiger partial charge in [0.2, 0.25) is 11.8 Å². The van der Waals surface area contributed by atoms with Crippen LogP contribution < -0.4 is 10.6 Å². The number of halogens is 1. The van der Waals surface area contributed by atoms with Crippen molar-refractivity contribution in [3.8, 4) is 0 Å². The second-order valence-electron chi connectivity index (χ2n) is 6.64. The average Bonchev–Trinajstić information content (AvgIpc) is 2.60. The molecule has 1 atom stereocenters. The van der Waals surface area contributed by atoms with E-state index in [-0.39, 0.29) is 11.8 Å². The topological polar surface area (TPSA) is 58.2 Å². The normalized spacial score (nSPS) is 17.8. The van der Waals surface area contributed by atoms with Gasteiger partial charge in [-0.15, -0.1) is 0 Å². The van der Waals surface area contributed by atoms with Crippen molar-refractivity contribution in [3.05, 3.63) is 34.9 Å². The van der Waals surface area contributed by atoms with Crippen molar-refractivity contribution in [2.75, 3.05) is 6.54 Å². The average molecular weight is 351 g/mol. The Kier molecular flexibility index (Phi) is 6.67.